The lowest BCUT2D eigenvalue weighted by Crippen LogP contribution is -2.42. The van der Waals surface area contributed by atoms with Crippen molar-refractivity contribution < 1.29 is 23.5 Å². The number of hydrogen-bond donors (Lipinski definition) is 0. The molecule has 5 rings (SSSR count). The molecule has 2 heterocycles. The Kier molecular flexibility index (Phi) is 4.50. The molecule has 30 heavy (non-hydrogen) atoms. The van der Waals surface area contributed by atoms with Crippen molar-refractivity contribution >= 4 is 28.5 Å². The topological polar surface area (TPSA) is 86.0 Å². The molecular weight excluding hydrogens is 386 g/mol. The molecule has 2 aromatic carbocycles. The van der Waals surface area contributed by atoms with E-state index in [-0.39, 0.29) is 25.7 Å². The van der Waals surface area contributed by atoms with Crippen molar-refractivity contribution in [3.63, 3.8) is 0 Å². The van der Waals surface area contributed by atoms with Crippen LogP contribution in [0.25, 0.3) is 11.0 Å². The molecular formula is C23H19NO6. The van der Waals surface area contributed by atoms with Crippen molar-refractivity contribution in [2.45, 2.75) is 25.9 Å². The predicted octanol–water partition coefficient (Wildman–Crippen LogP) is 2.75. The molecule has 0 spiro atoms. The Labute approximate surface area is 171 Å². The van der Waals surface area contributed by atoms with Gasteiger partial charge in [0.2, 0.25) is 0 Å². The van der Waals surface area contributed by atoms with E-state index < -0.39 is 11.6 Å². The summed E-state index contributed by atoms with van der Waals surface area (Å²) in [6, 6.07) is 12.3. The molecule has 3 aromatic rings. The van der Waals surface area contributed by atoms with Crippen LogP contribution in [0, 0.1) is 0 Å². The molecule has 1 aromatic heterocycles. The molecule has 0 atom stereocenters. The Balaban J connectivity index is 1.35. The van der Waals surface area contributed by atoms with Gasteiger partial charge in [-0.25, -0.2) is 4.79 Å². The maximum absolute atomic E-state index is 12.5. The molecule has 0 fully saturated rings. The number of hydrogen-bond acceptors (Lipinski definition) is 6. The summed E-state index contributed by atoms with van der Waals surface area (Å²) in [5.74, 6) is -0.333. The molecule has 1 aliphatic carbocycles. The van der Waals surface area contributed by atoms with E-state index in [4.69, 9.17) is 13.9 Å². The highest BCUT2D eigenvalue weighted by atomic mass is 16.5. The highest BCUT2D eigenvalue weighted by Gasteiger charge is 2.27. The van der Waals surface area contributed by atoms with Crippen LogP contribution in [0.5, 0.6) is 5.75 Å². The maximum Gasteiger partial charge on any atom is 0.336 e. The maximum atomic E-state index is 12.5. The van der Waals surface area contributed by atoms with Crippen LogP contribution >= 0.6 is 0 Å². The van der Waals surface area contributed by atoms with Crippen molar-refractivity contribution in [2.24, 2.45) is 0 Å². The minimum Gasteiger partial charge on any atom is -0.482 e. The molecule has 152 valence electrons. The first-order valence-corrected chi connectivity index (χ1v) is 9.85. The molecule has 1 aliphatic heterocycles. The van der Waals surface area contributed by atoms with Crippen LogP contribution < -0.4 is 15.3 Å². The number of aryl methyl sites for hydroxylation is 2. The molecule has 0 saturated heterocycles. The minimum atomic E-state index is -0.567. The fraction of sp³-hybridized carbons (Fsp3) is 0.261. The second kappa shape index (κ2) is 7.33. The smallest absolute Gasteiger partial charge is 0.336 e. The van der Waals surface area contributed by atoms with Gasteiger partial charge < -0.3 is 13.9 Å². The van der Waals surface area contributed by atoms with Crippen LogP contribution in [0.1, 0.15) is 23.1 Å². The normalized spacial score (nSPS) is 14.9. The summed E-state index contributed by atoms with van der Waals surface area (Å²) in [7, 11) is 0. The Morgan fingerprint density at radius 2 is 1.87 bits per heavy atom. The lowest BCUT2D eigenvalue weighted by Gasteiger charge is -2.28. The lowest BCUT2D eigenvalue weighted by molar-refractivity contribution is -0.144. The number of nitrogens with zero attached hydrogens (tertiary/aromatic N) is 1. The van der Waals surface area contributed by atoms with E-state index in [1.165, 1.54) is 22.1 Å². The largest absolute Gasteiger partial charge is 0.482 e. The van der Waals surface area contributed by atoms with E-state index in [0.29, 0.717) is 22.6 Å². The van der Waals surface area contributed by atoms with Gasteiger partial charge in [-0.1, -0.05) is 12.1 Å². The van der Waals surface area contributed by atoms with Crippen LogP contribution in [0.3, 0.4) is 0 Å². The fourth-order valence-electron chi connectivity index (χ4n) is 4.07. The number of amides is 1. The van der Waals surface area contributed by atoms with Gasteiger partial charge in [-0.3, -0.25) is 14.5 Å². The van der Waals surface area contributed by atoms with Gasteiger partial charge in [0.15, 0.2) is 6.61 Å². The SMILES string of the molecule is O=C(CN1C(=O)COc2ccccc21)OCc1cc(=O)oc2cc3c(cc12)CCC3. The van der Waals surface area contributed by atoms with Crippen molar-refractivity contribution in [1.29, 1.82) is 0 Å². The predicted molar refractivity (Wildman–Crippen MR) is 109 cm³/mol. The summed E-state index contributed by atoms with van der Waals surface area (Å²) in [6.45, 7) is -0.423. The number of benzene rings is 2. The van der Waals surface area contributed by atoms with Crippen LogP contribution in [-0.2, 0) is 33.8 Å². The van der Waals surface area contributed by atoms with Crippen molar-refractivity contribution in [2.75, 3.05) is 18.1 Å². The average molecular weight is 405 g/mol. The number of para-hydroxylation sites is 2. The third-order valence-corrected chi connectivity index (χ3v) is 5.53. The Bertz CT molecular complexity index is 1230. The van der Waals surface area contributed by atoms with Crippen molar-refractivity contribution in [3.8, 4) is 5.75 Å². The number of ether oxygens (including phenoxy) is 2. The second-order valence-corrected chi connectivity index (χ2v) is 7.46. The summed E-state index contributed by atoms with van der Waals surface area (Å²) in [4.78, 5) is 38.0. The Morgan fingerprint density at radius 3 is 2.73 bits per heavy atom. The number of anilines is 1. The molecule has 0 bridgehead atoms. The number of esters is 1. The van der Waals surface area contributed by atoms with E-state index in [1.54, 1.807) is 24.3 Å². The monoisotopic (exact) mass is 405 g/mol. The quantitative estimate of drug-likeness (QED) is 0.490. The summed E-state index contributed by atoms with van der Waals surface area (Å²) in [5, 5.41) is 0.774. The summed E-state index contributed by atoms with van der Waals surface area (Å²) in [6.07, 6.45) is 3.04. The first-order chi connectivity index (χ1) is 14.6. The number of carbonyl (C=O) groups excluding carboxylic acids is 2. The molecule has 0 unspecified atom stereocenters. The third kappa shape index (κ3) is 3.32. The van der Waals surface area contributed by atoms with E-state index in [9.17, 15) is 14.4 Å². The fourth-order valence-corrected chi connectivity index (χ4v) is 4.07. The van der Waals surface area contributed by atoms with Gasteiger partial charge in [0, 0.05) is 17.0 Å². The standard InChI is InChI=1S/C23H19NO6/c25-21-13-28-19-7-2-1-6-18(19)24(21)11-23(27)29-12-16-10-22(26)30-20-9-15-5-3-4-14(15)8-17(16)20/h1-2,6-10H,3-5,11-13H2. The number of rotatable bonds is 4. The minimum absolute atomic E-state index is 0.0695. The molecule has 1 amide bonds. The van der Waals surface area contributed by atoms with Crippen LogP contribution in [0.4, 0.5) is 5.69 Å². The van der Waals surface area contributed by atoms with Gasteiger partial charge in [0.25, 0.3) is 5.91 Å². The summed E-state index contributed by atoms with van der Waals surface area (Å²) in [5.41, 5.74) is 3.59. The van der Waals surface area contributed by atoms with Gasteiger partial charge in [0.05, 0.1) is 5.69 Å². The molecule has 7 heteroatoms. The zero-order valence-corrected chi connectivity index (χ0v) is 16.2. The van der Waals surface area contributed by atoms with Crippen molar-refractivity contribution in [3.05, 3.63) is 69.6 Å². The average Bonchev–Trinajstić information content (AvgIpc) is 3.20. The molecule has 0 radical (unpaired) electrons. The van der Waals surface area contributed by atoms with E-state index in [1.807, 2.05) is 12.1 Å². The van der Waals surface area contributed by atoms with Gasteiger partial charge >= 0.3 is 11.6 Å². The van der Waals surface area contributed by atoms with E-state index in [0.717, 1.165) is 24.6 Å². The second-order valence-electron chi connectivity index (χ2n) is 7.46. The molecule has 0 N–H and O–H groups in total. The molecule has 2 aliphatic rings. The zero-order chi connectivity index (χ0) is 20.7. The highest BCUT2D eigenvalue weighted by molar-refractivity contribution is 6.01. The summed E-state index contributed by atoms with van der Waals surface area (Å²) < 4.78 is 16.2. The van der Waals surface area contributed by atoms with Gasteiger partial charge in [-0.05, 0) is 54.7 Å². The van der Waals surface area contributed by atoms with Gasteiger partial charge in [0.1, 0.15) is 24.5 Å². The van der Waals surface area contributed by atoms with Crippen molar-refractivity contribution in [1.82, 2.24) is 0 Å². The van der Waals surface area contributed by atoms with Crippen LogP contribution in [0.2, 0.25) is 0 Å². The third-order valence-electron chi connectivity index (χ3n) is 5.53. The zero-order valence-electron chi connectivity index (χ0n) is 16.2. The first kappa shape index (κ1) is 18.4. The van der Waals surface area contributed by atoms with Gasteiger partial charge in [-0.15, -0.1) is 0 Å². The first-order valence-electron chi connectivity index (χ1n) is 9.85. The van der Waals surface area contributed by atoms with E-state index >= 15 is 0 Å². The van der Waals surface area contributed by atoms with E-state index in [2.05, 4.69) is 0 Å². The molecule has 7 nitrogen and oxygen atoms in total. The molecule has 0 saturated carbocycles. The van der Waals surface area contributed by atoms with Crippen LogP contribution in [-0.4, -0.2) is 25.0 Å². The number of fused-ring (bicyclic) bond motifs is 3. The van der Waals surface area contributed by atoms with Gasteiger partial charge in [-0.2, -0.15) is 0 Å². The summed E-state index contributed by atoms with van der Waals surface area (Å²) >= 11 is 0. The lowest BCUT2D eigenvalue weighted by atomic mass is 10.0. The Morgan fingerprint density at radius 1 is 1.07 bits per heavy atom. The van der Waals surface area contributed by atoms with Crippen LogP contribution in [0.15, 0.2) is 51.7 Å². The Hall–Kier alpha value is -3.61. The number of carbonyl (C=O) groups is 2. The highest BCUT2D eigenvalue weighted by Crippen LogP contribution is 2.31.